The minimum atomic E-state index is -1.16. The summed E-state index contributed by atoms with van der Waals surface area (Å²) in [6.45, 7) is 2.99. The summed E-state index contributed by atoms with van der Waals surface area (Å²) in [5.41, 5.74) is -0.583. The minimum Gasteiger partial charge on any atom is -0.497 e. The van der Waals surface area contributed by atoms with E-state index < -0.39 is 29.6 Å². The van der Waals surface area contributed by atoms with Gasteiger partial charge >= 0.3 is 0 Å². The summed E-state index contributed by atoms with van der Waals surface area (Å²) in [4.78, 5) is 42.9. The van der Waals surface area contributed by atoms with Crippen molar-refractivity contribution in [3.05, 3.63) is 36.4 Å². The number of nitrogens with zero attached hydrogens (tertiary/aromatic N) is 1. The summed E-state index contributed by atoms with van der Waals surface area (Å²) in [6, 6.07) is 6.33. The molecular weight excluding hydrogens is 474 g/mol. The molecular formula is C28H37N3O6. The van der Waals surface area contributed by atoms with Crippen molar-refractivity contribution < 1.29 is 28.6 Å². The maximum absolute atomic E-state index is 13.9. The second-order valence-electron chi connectivity index (χ2n) is 10.7. The van der Waals surface area contributed by atoms with Crippen LogP contribution in [0.25, 0.3) is 0 Å². The first kappa shape index (κ1) is 25.7. The molecule has 9 nitrogen and oxygen atoms in total. The quantitative estimate of drug-likeness (QED) is 0.390. The smallest absolute Gasteiger partial charge is 0.246 e. The van der Waals surface area contributed by atoms with Crippen LogP contribution in [0.3, 0.4) is 0 Å². The zero-order chi connectivity index (χ0) is 26.2. The standard InChI is InChI=1S/C28H37N3O6/c1-17-8-4-5-11-20(17)30-26(33)24-28-13-12-21(37-28)22(23(28)27(34)31(24)14-7-15-35-2)25(32)29-18-9-6-10-19(16-18)36-3/h6,9-10,12-13,16-17,20-24H,4-5,7-8,11,14-15H2,1-3H3,(H,29,32)(H,30,33). The van der Waals surface area contributed by atoms with Crippen molar-refractivity contribution in [2.45, 2.75) is 62.8 Å². The van der Waals surface area contributed by atoms with E-state index >= 15 is 0 Å². The highest BCUT2D eigenvalue weighted by atomic mass is 16.5. The Morgan fingerprint density at radius 2 is 2.00 bits per heavy atom. The summed E-state index contributed by atoms with van der Waals surface area (Å²) >= 11 is 0. The summed E-state index contributed by atoms with van der Waals surface area (Å²) in [5, 5.41) is 6.18. The van der Waals surface area contributed by atoms with E-state index in [0.717, 1.165) is 19.3 Å². The number of methoxy groups -OCH3 is 2. The maximum atomic E-state index is 13.9. The zero-order valence-corrected chi connectivity index (χ0v) is 21.8. The number of fused-ring (bicyclic) bond motifs is 1. The number of benzene rings is 1. The van der Waals surface area contributed by atoms with Crippen LogP contribution in [0.1, 0.15) is 39.0 Å². The molecule has 1 spiro atoms. The van der Waals surface area contributed by atoms with E-state index in [1.807, 2.05) is 12.2 Å². The van der Waals surface area contributed by atoms with Gasteiger partial charge in [0.05, 0.1) is 25.0 Å². The first-order chi connectivity index (χ1) is 17.9. The van der Waals surface area contributed by atoms with Crippen LogP contribution in [0, 0.1) is 17.8 Å². The van der Waals surface area contributed by atoms with E-state index in [4.69, 9.17) is 14.2 Å². The molecule has 7 unspecified atom stereocenters. The number of likely N-dealkylation sites (tertiary alicyclic amines) is 1. The molecule has 5 rings (SSSR count). The van der Waals surface area contributed by atoms with E-state index in [-0.39, 0.29) is 23.8 Å². The van der Waals surface area contributed by atoms with Crippen molar-refractivity contribution in [3.8, 4) is 5.75 Å². The Hall–Kier alpha value is -2.91. The number of hydrogen-bond acceptors (Lipinski definition) is 6. The van der Waals surface area contributed by atoms with Crippen molar-refractivity contribution in [2.75, 3.05) is 32.7 Å². The Kier molecular flexibility index (Phi) is 7.27. The van der Waals surface area contributed by atoms with Crippen molar-refractivity contribution in [1.29, 1.82) is 0 Å². The summed E-state index contributed by atoms with van der Waals surface area (Å²) in [7, 11) is 3.17. The number of ether oxygens (including phenoxy) is 3. The third-order valence-corrected chi connectivity index (χ3v) is 8.45. The monoisotopic (exact) mass is 511 g/mol. The van der Waals surface area contributed by atoms with Crippen LogP contribution in [-0.4, -0.2) is 73.8 Å². The molecule has 1 aromatic carbocycles. The van der Waals surface area contributed by atoms with Gasteiger partial charge in [0.2, 0.25) is 17.7 Å². The molecule has 3 amide bonds. The van der Waals surface area contributed by atoms with Crippen molar-refractivity contribution in [1.82, 2.24) is 10.2 Å². The largest absolute Gasteiger partial charge is 0.497 e. The van der Waals surface area contributed by atoms with Gasteiger partial charge in [-0.2, -0.15) is 0 Å². The van der Waals surface area contributed by atoms with Gasteiger partial charge in [0.25, 0.3) is 0 Å². The molecule has 200 valence electrons. The molecule has 1 aliphatic carbocycles. The SMILES string of the molecule is COCCCN1C(=O)C2C(C(=O)Nc3cccc(OC)c3)C3C=CC2(O3)C1C(=O)NC1CCCCC1C. The number of anilines is 1. The van der Waals surface area contributed by atoms with E-state index in [1.165, 1.54) is 6.42 Å². The van der Waals surface area contributed by atoms with Crippen LogP contribution in [0.4, 0.5) is 5.69 Å². The molecule has 2 saturated heterocycles. The predicted molar refractivity (Wildman–Crippen MR) is 137 cm³/mol. The Labute approximate surface area is 217 Å². The molecule has 2 bridgehead atoms. The number of rotatable bonds is 9. The maximum Gasteiger partial charge on any atom is 0.246 e. The normalized spacial score (nSPS) is 33.9. The average Bonchev–Trinajstić information content (AvgIpc) is 3.53. The zero-order valence-electron chi connectivity index (χ0n) is 21.8. The third kappa shape index (κ3) is 4.52. The molecule has 0 radical (unpaired) electrons. The molecule has 1 saturated carbocycles. The van der Waals surface area contributed by atoms with Gasteiger partial charge in [-0.25, -0.2) is 0 Å². The molecule has 37 heavy (non-hydrogen) atoms. The number of carbonyl (C=O) groups excluding carboxylic acids is 3. The fraction of sp³-hybridized carbons (Fsp3) is 0.607. The molecule has 2 N–H and O–H groups in total. The van der Waals surface area contributed by atoms with Crippen molar-refractivity contribution >= 4 is 23.4 Å². The second kappa shape index (κ2) is 10.5. The van der Waals surface area contributed by atoms with Gasteiger partial charge in [0.1, 0.15) is 17.4 Å². The average molecular weight is 512 g/mol. The van der Waals surface area contributed by atoms with E-state index in [2.05, 4.69) is 17.6 Å². The Bertz CT molecular complexity index is 1080. The van der Waals surface area contributed by atoms with Crippen LogP contribution >= 0.6 is 0 Å². The van der Waals surface area contributed by atoms with Gasteiger partial charge in [-0.1, -0.05) is 38.0 Å². The van der Waals surface area contributed by atoms with Gasteiger partial charge in [0, 0.05) is 38.1 Å². The van der Waals surface area contributed by atoms with E-state index in [0.29, 0.717) is 36.9 Å². The van der Waals surface area contributed by atoms with Crippen LogP contribution < -0.4 is 15.4 Å². The lowest BCUT2D eigenvalue weighted by molar-refractivity contribution is -0.141. The fourth-order valence-electron chi connectivity index (χ4n) is 6.61. The molecule has 7 atom stereocenters. The Morgan fingerprint density at radius 1 is 1.19 bits per heavy atom. The lowest BCUT2D eigenvalue weighted by atomic mass is 9.74. The predicted octanol–water partition coefficient (Wildman–Crippen LogP) is 2.52. The van der Waals surface area contributed by atoms with Crippen molar-refractivity contribution in [2.24, 2.45) is 17.8 Å². The highest BCUT2D eigenvalue weighted by Gasteiger charge is 2.72. The molecule has 4 aliphatic rings. The van der Waals surface area contributed by atoms with Crippen LogP contribution in [-0.2, 0) is 23.9 Å². The Morgan fingerprint density at radius 3 is 2.76 bits per heavy atom. The van der Waals surface area contributed by atoms with Gasteiger partial charge in [0.15, 0.2) is 0 Å². The first-order valence-corrected chi connectivity index (χ1v) is 13.3. The summed E-state index contributed by atoms with van der Waals surface area (Å²) in [5.74, 6) is -1.23. The first-order valence-electron chi connectivity index (χ1n) is 13.3. The van der Waals surface area contributed by atoms with Crippen molar-refractivity contribution in [3.63, 3.8) is 0 Å². The van der Waals surface area contributed by atoms with Gasteiger partial charge in [-0.15, -0.1) is 0 Å². The summed E-state index contributed by atoms with van der Waals surface area (Å²) in [6.07, 6.45) is 7.95. The van der Waals surface area contributed by atoms with Crippen LogP contribution in [0.15, 0.2) is 36.4 Å². The highest BCUT2D eigenvalue weighted by Crippen LogP contribution is 2.55. The van der Waals surface area contributed by atoms with Gasteiger partial charge in [-0.3, -0.25) is 14.4 Å². The molecule has 3 fully saturated rings. The number of hydrogen-bond donors (Lipinski definition) is 2. The molecule has 3 heterocycles. The van der Waals surface area contributed by atoms with Crippen LogP contribution in [0.5, 0.6) is 5.75 Å². The van der Waals surface area contributed by atoms with Gasteiger partial charge in [-0.05, 0) is 37.3 Å². The molecule has 9 heteroatoms. The minimum absolute atomic E-state index is 0.0716. The summed E-state index contributed by atoms with van der Waals surface area (Å²) < 4.78 is 16.9. The molecule has 1 aromatic rings. The number of nitrogens with one attached hydrogen (secondary N) is 2. The number of amides is 3. The van der Waals surface area contributed by atoms with E-state index in [9.17, 15) is 14.4 Å². The third-order valence-electron chi connectivity index (χ3n) is 8.45. The fourth-order valence-corrected chi connectivity index (χ4v) is 6.61. The molecule has 3 aliphatic heterocycles. The lowest BCUT2D eigenvalue weighted by Crippen LogP contribution is -2.57. The van der Waals surface area contributed by atoms with E-state index in [1.54, 1.807) is 43.4 Å². The topological polar surface area (TPSA) is 106 Å². The van der Waals surface area contributed by atoms with Crippen LogP contribution in [0.2, 0.25) is 0 Å². The van der Waals surface area contributed by atoms with Gasteiger partial charge < -0.3 is 29.7 Å². The highest BCUT2D eigenvalue weighted by molar-refractivity contribution is 6.02. The molecule has 0 aromatic heterocycles. The lowest BCUT2D eigenvalue weighted by Gasteiger charge is -2.36. The Balaban J connectivity index is 1.42. The second-order valence-corrected chi connectivity index (χ2v) is 10.7. The number of carbonyl (C=O) groups is 3.